The average Bonchev–Trinajstić information content (AvgIpc) is 3.21. The summed E-state index contributed by atoms with van der Waals surface area (Å²) in [5.74, 6) is -0.436. The van der Waals surface area contributed by atoms with Crippen LogP contribution in [0.3, 0.4) is 0 Å². The molecule has 1 aliphatic rings. The summed E-state index contributed by atoms with van der Waals surface area (Å²) in [6.45, 7) is 6.47. The van der Waals surface area contributed by atoms with Gasteiger partial charge in [-0.25, -0.2) is 8.78 Å². The van der Waals surface area contributed by atoms with E-state index in [0.717, 1.165) is 6.07 Å². The minimum absolute atomic E-state index is 0.174. The lowest BCUT2D eigenvalue weighted by atomic mass is 9.87. The number of nitrogens with one attached hydrogen (secondary N) is 1. The van der Waals surface area contributed by atoms with Gasteiger partial charge in [0.2, 0.25) is 0 Å². The number of rotatable bonds is 8. The predicted octanol–water partition coefficient (Wildman–Crippen LogP) is 4.23. The fourth-order valence-corrected chi connectivity index (χ4v) is 3.73. The van der Waals surface area contributed by atoms with Crippen LogP contribution in [0.15, 0.2) is 42.5 Å². The molecule has 0 aliphatic heterocycles. The van der Waals surface area contributed by atoms with Gasteiger partial charge >= 0.3 is 0 Å². The Balaban J connectivity index is 1.63. The van der Waals surface area contributed by atoms with Crippen molar-refractivity contribution in [1.29, 1.82) is 0 Å². The number of carbonyl (C=O) groups is 1. The first-order valence-electron chi connectivity index (χ1n) is 9.36. The van der Waals surface area contributed by atoms with Crippen LogP contribution >= 0.6 is 0 Å². The molecule has 0 aromatic heterocycles. The van der Waals surface area contributed by atoms with E-state index in [4.69, 9.17) is 9.47 Å². The number of hydrogen-bond acceptors (Lipinski definition) is 3. The molecule has 150 valence electrons. The standard InChI is InChI=1S/C22H25F2NO3/c1-4-27-18-7-5-6-8-19(18)28-12-20(26)25-14-22(13-21(22,2)3)16-10-9-15(23)11-17(16)24/h5-11H,4,12-14H2,1-3H3,(H,25,26). The summed E-state index contributed by atoms with van der Waals surface area (Å²) in [6.07, 6.45) is 0.705. The molecule has 1 N–H and O–H groups in total. The first-order chi connectivity index (χ1) is 13.3. The lowest BCUT2D eigenvalue weighted by molar-refractivity contribution is -0.123. The summed E-state index contributed by atoms with van der Waals surface area (Å²) in [5, 5.41) is 2.84. The Bertz CT molecular complexity index is 869. The maximum atomic E-state index is 14.3. The summed E-state index contributed by atoms with van der Waals surface area (Å²) in [6, 6.07) is 10.8. The molecule has 2 aromatic carbocycles. The Morgan fingerprint density at radius 3 is 2.32 bits per heavy atom. The summed E-state index contributed by atoms with van der Waals surface area (Å²) in [4.78, 5) is 12.3. The molecule has 0 radical (unpaired) electrons. The van der Waals surface area contributed by atoms with E-state index in [9.17, 15) is 13.6 Å². The monoisotopic (exact) mass is 389 g/mol. The summed E-state index contributed by atoms with van der Waals surface area (Å²) in [5.41, 5.74) is -0.313. The Morgan fingerprint density at radius 1 is 1.11 bits per heavy atom. The Kier molecular flexibility index (Phi) is 5.59. The molecule has 1 aliphatic carbocycles. The van der Waals surface area contributed by atoms with Gasteiger partial charge in [-0.05, 0) is 42.5 Å². The number of benzene rings is 2. The molecular weight excluding hydrogens is 364 g/mol. The van der Waals surface area contributed by atoms with Crippen molar-refractivity contribution in [2.24, 2.45) is 5.41 Å². The first-order valence-corrected chi connectivity index (χ1v) is 9.36. The fourth-order valence-electron chi connectivity index (χ4n) is 3.73. The highest BCUT2D eigenvalue weighted by molar-refractivity contribution is 5.78. The van der Waals surface area contributed by atoms with Crippen LogP contribution in [0.2, 0.25) is 0 Å². The predicted molar refractivity (Wildman–Crippen MR) is 103 cm³/mol. The molecule has 1 fully saturated rings. The number of para-hydroxylation sites is 2. The van der Waals surface area contributed by atoms with E-state index in [1.54, 1.807) is 18.2 Å². The highest BCUT2D eigenvalue weighted by Gasteiger charge is 2.62. The third-order valence-corrected chi connectivity index (χ3v) is 5.46. The molecule has 1 unspecified atom stereocenters. The second-order valence-corrected chi connectivity index (χ2v) is 7.71. The van der Waals surface area contributed by atoms with Crippen LogP contribution in [0.1, 0.15) is 32.8 Å². The molecule has 0 heterocycles. The Morgan fingerprint density at radius 2 is 1.75 bits per heavy atom. The van der Waals surface area contributed by atoms with Crippen molar-refractivity contribution in [3.05, 3.63) is 59.7 Å². The van der Waals surface area contributed by atoms with E-state index in [0.29, 0.717) is 30.1 Å². The van der Waals surface area contributed by atoms with E-state index in [1.165, 1.54) is 12.1 Å². The third-order valence-electron chi connectivity index (χ3n) is 5.46. The molecule has 0 bridgehead atoms. The highest BCUT2D eigenvalue weighted by Crippen LogP contribution is 2.64. The fraction of sp³-hybridized carbons (Fsp3) is 0.409. The SMILES string of the molecule is CCOc1ccccc1OCC(=O)NCC1(c2ccc(F)cc2F)CC1(C)C. The van der Waals surface area contributed by atoms with Gasteiger partial charge in [-0.1, -0.05) is 32.0 Å². The van der Waals surface area contributed by atoms with Gasteiger partial charge < -0.3 is 14.8 Å². The van der Waals surface area contributed by atoms with Crippen LogP contribution < -0.4 is 14.8 Å². The van der Waals surface area contributed by atoms with Crippen molar-refractivity contribution in [3.8, 4) is 11.5 Å². The molecular formula is C22H25F2NO3. The maximum Gasteiger partial charge on any atom is 0.257 e. The molecule has 4 nitrogen and oxygen atoms in total. The molecule has 6 heteroatoms. The molecule has 3 rings (SSSR count). The van der Waals surface area contributed by atoms with E-state index in [2.05, 4.69) is 5.32 Å². The largest absolute Gasteiger partial charge is 0.490 e. The van der Waals surface area contributed by atoms with Crippen molar-refractivity contribution in [3.63, 3.8) is 0 Å². The molecule has 1 amide bonds. The number of amides is 1. The lowest BCUT2D eigenvalue weighted by Crippen LogP contribution is -2.37. The molecule has 1 saturated carbocycles. The van der Waals surface area contributed by atoms with Gasteiger partial charge in [0.05, 0.1) is 6.61 Å². The highest BCUT2D eigenvalue weighted by atomic mass is 19.1. The van der Waals surface area contributed by atoms with Crippen LogP contribution in [0.5, 0.6) is 11.5 Å². The lowest BCUT2D eigenvalue weighted by Gasteiger charge is -2.22. The van der Waals surface area contributed by atoms with Crippen LogP contribution in [-0.4, -0.2) is 25.7 Å². The molecule has 0 saturated heterocycles. The van der Waals surface area contributed by atoms with Gasteiger partial charge in [0.15, 0.2) is 18.1 Å². The molecule has 0 spiro atoms. The van der Waals surface area contributed by atoms with Gasteiger partial charge in [-0.3, -0.25) is 4.79 Å². The Hall–Kier alpha value is -2.63. The summed E-state index contributed by atoms with van der Waals surface area (Å²) in [7, 11) is 0. The molecule has 28 heavy (non-hydrogen) atoms. The van der Waals surface area contributed by atoms with Gasteiger partial charge in [-0.15, -0.1) is 0 Å². The zero-order valence-corrected chi connectivity index (χ0v) is 16.4. The van der Waals surface area contributed by atoms with E-state index < -0.39 is 17.0 Å². The smallest absolute Gasteiger partial charge is 0.257 e. The van der Waals surface area contributed by atoms with Gasteiger partial charge in [0.1, 0.15) is 11.6 Å². The Labute approximate surface area is 163 Å². The van der Waals surface area contributed by atoms with Crippen LogP contribution in [0, 0.1) is 17.0 Å². The quantitative estimate of drug-likeness (QED) is 0.735. The normalized spacial score (nSPS) is 19.8. The minimum Gasteiger partial charge on any atom is -0.490 e. The number of ether oxygens (including phenoxy) is 2. The average molecular weight is 389 g/mol. The van der Waals surface area contributed by atoms with Gasteiger partial charge in [0.25, 0.3) is 5.91 Å². The van der Waals surface area contributed by atoms with Gasteiger partial charge in [-0.2, -0.15) is 0 Å². The van der Waals surface area contributed by atoms with E-state index in [1.807, 2.05) is 26.8 Å². The molecule has 1 atom stereocenters. The second kappa shape index (κ2) is 7.78. The zero-order valence-electron chi connectivity index (χ0n) is 16.4. The van der Waals surface area contributed by atoms with Crippen molar-refractivity contribution in [2.45, 2.75) is 32.6 Å². The van der Waals surface area contributed by atoms with Crippen LogP contribution in [0.4, 0.5) is 8.78 Å². The van der Waals surface area contributed by atoms with Crippen LogP contribution in [0.25, 0.3) is 0 Å². The minimum atomic E-state index is -0.611. The van der Waals surface area contributed by atoms with Crippen LogP contribution in [-0.2, 0) is 10.2 Å². The second-order valence-electron chi connectivity index (χ2n) is 7.71. The summed E-state index contributed by atoms with van der Waals surface area (Å²) >= 11 is 0. The maximum absolute atomic E-state index is 14.3. The first kappa shape index (κ1) is 20.1. The molecule has 2 aromatic rings. The van der Waals surface area contributed by atoms with Crippen molar-refractivity contribution >= 4 is 5.91 Å². The van der Waals surface area contributed by atoms with Crippen molar-refractivity contribution < 1.29 is 23.0 Å². The number of hydrogen-bond donors (Lipinski definition) is 1. The van der Waals surface area contributed by atoms with Crippen molar-refractivity contribution in [2.75, 3.05) is 19.8 Å². The van der Waals surface area contributed by atoms with E-state index >= 15 is 0 Å². The summed E-state index contributed by atoms with van der Waals surface area (Å²) < 4.78 is 38.7. The third kappa shape index (κ3) is 3.96. The zero-order chi connectivity index (χ0) is 20.4. The number of carbonyl (C=O) groups excluding carboxylic acids is 1. The topological polar surface area (TPSA) is 47.6 Å². The van der Waals surface area contributed by atoms with Crippen molar-refractivity contribution in [1.82, 2.24) is 5.32 Å². The number of halogens is 2. The van der Waals surface area contributed by atoms with E-state index in [-0.39, 0.29) is 24.5 Å². The van der Waals surface area contributed by atoms with Gasteiger partial charge in [0, 0.05) is 18.0 Å².